The molecule has 0 aliphatic rings. The van der Waals surface area contributed by atoms with Crippen molar-refractivity contribution in [1.29, 1.82) is 0 Å². The number of hydrogen-bond acceptors (Lipinski definition) is 3. The molecule has 0 amide bonds. The highest BCUT2D eigenvalue weighted by atomic mass is 32.2. The minimum atomic E-state index is -3.11. The molecule has 0 atom stereocenters. The zero-order valence-corrected chi connectivity index (χ0v) is 17.6. The van der Waals surface area contributed by atoms with Gasteiger partial charge in [-0.1, -0.05) is 44.2 Å². The summed E-state index contributed by atoms with van der Waals surface area (Å²) >= 11 is 0. The van der Waals surface area contributed by atoms with E-state index in [1.807, 2.05) is 25.1 Å². The van der Waals surface area contributed by atoms with Crippen LogP contribution < -0.4 is 10.6 Å². The predicted molar refractivity (Wildman–Crippen MR) is 110 cm³/mol. The van der Waals surface area contributed by atoms with Crippen molar-refractivity contribution in [1.82, 2.24) is 14.9 Å². The Morgan fingerprint density at radius 2 is 1.81 bits per heavy atom. The Kier molecular flexibility index (Phi) is 9.08. The first-order valence-electron chi connectivity index (χ1n) is 9.24. The van der Waals surface area contributed by atoms with Crippen LogP contribution in [0.15, 0.2) is 35.3 Å². The van der Waals surface area contributed by atoms with Crippen LogP contribution in [0.2, 0.25) is 0 Å². The summed E-state index contributed by atoms with van der Waals surface area (Å²) in [7, 11) is -1.48. The fourth-order valence-electron chi connectivity index (χ4n) is 2.47. The van der Waals surface area contributed by atoms with E-state index in [4.69, 9.17) is 4.99 Å². The van der Waals surface area contributed by atoms with Crippen molar-refractivity contribution in [2.45, 2.75) is 39.5 Å². The third kappa shape index (κ3) is 7.33. The van der Waals surface area contributed by atoms with E-state index < -0.39 is 10.0 Å². The van der Waals surface area contributed by atoms with Crippen LogP contribution in [0.5, 0.6) is 0 Å². The summed E-state index contributed by atoms with van der Waals surface area (Å²) in [4.78, 5) is 4.71. The summed E-state index contributed by atoms with van der Waals surface area (Å²) < 4.78 is 24.9. The molecule has 26 heavy (non-hydrogen) atoms. The minimum Gasteiger partial charge on any atom is -0.357 e. The Hall–Kier alpha value is -1.60. The topological polar surface area (TPSA) is 73.8 Å². The molecule has 1 aromatic carbocycles. The molecule has 6 nitrogen and oxygen atoms in total. The highest BCUT2D eigenvalue weighted by molar-refractivity contribution is 7.89. The lowest BCUT2D eigenvalue weighted by Crippen LogP contribution is -2.40. The van der Waals surface area contributed by atoms with E-state index in [-0.39, 0.29) is 11.2 Å². The van der Waals surface area contributed by atoms with Gasteiger partial charge in [0.05, 0.1) is 12.3 Å². The van der Waals surface area contributed by atoms with Gasteiger partial charge in [0.1, 0.15) is 0 Å². The third-order valence-electron chi connectivity index (χ3n) is 4.31. The van der Waals surface area contributed by atoms with E-state index >= 15 is 0 Å². The van der Waals surface area contributed by atoms with Gasteiger partial charge >= 0.3 is 0 Å². The van der Waals surface area contributed by atoms with Crippen LogP contribution in [0.4, 0.5) is 0 Å². The Bertz CT molecular complexity index is 657. The van der Waals surface area contributed by atoms with E-state index in [0.29, 0.717) is 19.6 Å². The SMILES string of the molecule is CCNC(=NCC(C)(C)c1ccccc1)NCCCN(C)S(=O)(=O)CC. The van der Waals surface area contributed by atoms with Gasteiger partial charge in [-0.2, -0.15) is 0 Å². The van der Waals surface area contributed by atoms with E-state index in [1.165, 1.54) is 9.87 Å². The number of hydrogen-bond donors (Lipinski definition) is 2. The molecule has 0 unspecified atom stereocenters. The Balaban J connectivity index is 2.56. The van der Waals surface area contributed by atoms with Crippen LogP contribution in [-0.2, 0) is 15.4 Å². The molecule has 7 heteroatoms. The van der Waals surface area contributed by atoms with Gasteiger partial charge in [-0.05, 0) is 25.8 Å². The summed E-state index contributed by atoms with van der Waals surface area (Å²) in [6, 6.07) is 10.4. The second-order valence-electron chi connectivity index (χ2n) is 6.95. The van der Waals surface area contributed by atoms with Crippen LogP contribution in [-0.4, -0.2) is 57.7 Å². The molecule has 0 aliphatic heterocycles. The maximum atomic E-state index is 11.7. The molecule has 0 bridgehead atoms. The number of nitrogens with one attached hydrogen (secondary N) is 2. The average Bonchev–Trinajstić information content (AvgIpc) is 2.63. The fourth-order valence-corrected chi connectivity index (χ4v) is 3.32. The van der Waals surface area contributed by atoms with Crippen molar-refractivity contribution >= 4 is 16.0 Å². The Labute approximate surface area is 159 Å². The fraction of sp³-hybridized carbons (Fsp3) is 0.632. The predicted octanol–water partition coefficient (Wildman–Crippen LogP) is 2.19. The largest absolute Gasteiger partial charge is 0.357 e. The first-order valence-corrected chi connectivity index (χ1v) is 10.9. The first kappa shape index (κ1) is 22.4. The number of aliphatic imine (C=N–C) groups is 1. The first-order chi connectivity index (χ1) is 12.2. The summed E-state index contributed by atoms with van der Waals surface area (Å²) in [6.07, 6.45) is 0.724. The van der Waals surface area contributed by atoms with Gasteiger partial charge in [0.2, 0.25) is 10.0 Å². The zero-order chi connectivity index (χ0) is 19.6. The lowest BCUT2D eigenvalue weighted by Gasteiger charge is -2.24. The number of benzene rings is 1. The van der Waals surface area contributed by atoms with Gasteiger partial charge in [0.15, 0.2) is 5.96 Å². The lowest BCUT2D eigenvalue weighted by molar-refractivity contribution is 0.461. The summed E-state index contributed by atoms with van der Waals surface area (Å²) in [6.45, 7) is 10.7. The molecule has 1 rings (SSSR count). The molecule has 148 valence electrons. The monoisotopic (exact) mass is 382 g/mol. The van der Waals surface area contributed by atoms with E-state index in [0.717, 1.165) is 18.9 Å². The van der Waals surface area contributed by atoms with Crippen molar-refractivity contribution < 1.29 is 8.42 Å². The molecule has 0 aromatic heterocycles. The van der Waals surface area contributed by atoms with E-state index in [9.17, 15) is 8.42 Å². The van der Waals surface area contributed by atoms with E-state index in [2.05, 4.69) is 36.6 Å². The summed E-state index contributed by atoms with van der Waals surface area (Å²) in [5.41, 5.74) is 1.20. The van der Waals surface area contributed by atoms with Crippen molar-refractivity contribution in [2.75, 3.05) is 39.0 Å². The molecule has 0 spiro atoms. The molecule has 2 N–H and O–H groups in total. The highest BCUT2D eigenvalue weighted by Crippen LogP contribution is 2.22. The zero-order valence-electron chi connectivity index (χ0n) is 16.7. The minimum absolute atomic E-state index is 0.0565. The molecule has 0 saturated carbocycles. The van der Waals surface area contributed by atoms with Crippen molar-refractivity contribution in [3.8, 4) is 0 Å². The molecule has 0 fully saturated rings. The van der Waals surface area contributed by atoms with Crippen molar-refractivity contribution in [3.05, 3.63) is 35.9 Å². The van der Waals surface area contributed by atoms with Crippen LogP contribution >= 0.6 is 0 Å². The van der Waals surface area contributed by atoms with Gasteiger partial charge in [0.25, 0.3) is 0 Å². The summed E-state index contributed by atoms with van der Waals surface area (Å²) in [5.74, 6) is 0.896. The second-order valence-corrected chi connectivity index (χ2v) is 9.31. The molecule has 0 aliphatic carbocycles. The summed E-state index contributed by atoms with van der Waals surface area (Å²) in [5, 5.41) is 6.53. The third-order valence-corrected chi connectivity index (χ3v) is 6.18. The normalized spacial score (nSPS) is 13.1. The second kappa shape index (κ2) is 10.5. The van der Waals surface area contributed by atoms with Gasteiger partial charge in [0, 0.05) is 32.1 Å². The van der Waals surface area contributed by atoms with Gasteiger partial charge in [-0.25, -0.2) is 12.7 Å². The van der Waals surface area contributed by atoms with Crippen molar-refractivity contribution in [3.63, 3.8) is 0 Å². The van der Waals surface area contributed by atoms with Crippen LogP contribution in [0.25, 0.3) is 0 Å². The smallest absolute Gasteiger partial charge is 0.213 e. The van der Waals surface area contributed by atoms with Crippen LogP contribution in [0.3, 0.4) is 0 Å². The standard InChI is InChI=1S/C19H34N4O2S/c1-6-20-18(21-14-11-15-23(5)26(24,25)7-2)22-16-19(3,4)17-12-9-8-10-13-17/h8-10,12-13H,6-7,11,14-16H2,1-5H3,(H2,20,21,22). The lowest BCUT2D eigenvalue weighted by atomic mass is 9.85. The molecular formula is C19H34N4O2S. The number of guanidine groups is 1. The van der Waals surface area contributed by atoms with Crippen LogP contribution in [0, 0.1) is 0 Å². The van der Waals surface area contributed by atoms with Gasteiger partial charge < -0.3 is 10.6 Å². The van der Waals surface area contributed by atoms with E-state index in [1.54, 1.807) is 14.0 Å². The molecular weight excluding hydrogens is 348 g/mol. The van der Waals surface area contributed by atoms with Crippen LogP contribution in [0.1, 0.15) is 39.7 Å². The molecule has 0 radical (unpaired) electrons. The number of sulfonamides is 1. The number of rotatable bonds is 10. The average molecular weight is 383 g/mol. The maximum Gasteiger partial charge on any atom is 0.213 e. The molecule has 1 aromatic rings. The quantitative estimate of drug-likeness (QED) is 0.370. The molecule has 0 saturated heterocycles. The van der Waals surface area contributed by atoms with Gasteiger partial charge in [-0.3, -0.25) is 4.99 Å². The van der Waals surface area contributed by atoms with Crippen molar-refractivity contribution in [2.24, 2.45) is 4.99 Å². The maximum absolute atomic E-state index is 11.7. The molecule has 0 heterocycles. The Morgan fingerprint density at radius 1 is 1.15 bits per heavy atom. The highest BCUT2D eigenvalue weighted by Gasteiger charge is 2.20. The number of nitrogens with zero attached hydrogens (tertiary/aromatic N) is 2. The Morgan fingerprint density at radius 3 is 2.38 bits per heavy atom. The van der Waals surface area contributed by atoms with Gasteiger partial charge in [-0.15, -0.1) is 0 Å².